The normalized spacial score (nSPS) is 13.3. The Labute approximate surface area is 124 Å². The Morgan fingerprint density at radius 2 is 1.90 bits per heavy atom. The monoisotopic (exact) mass is 290 g/mol. The van der Waals surface area contributed by atoms with E-state index in [0.29, 0.717) is 26.4 Å². The smallest absolute Gasteiger partial charge is 0.0897 e. The van der Waals surface area contributed by atoms with Crippen LogP contribution in [0.2, 0.25) is 0 Å². The third-order valence-corrected chi connectivity index (χ3v) is 2.96. The van der Waals surface area contributed by atoms with E-state index < -0.39 is 6.10 Å². The predicted octanol–water partition coefficient (Wildman–Crippen LogP) is 1.11. The minimum absolute atomic E-state index is 0.231. The Kier molecular flexibility index (Phi) is 13.6. The third-order valence-electron chi connectivity index (χ3n) is 2.96. The molecule has 0 aromatic rings. The fourth-order valence-corrected chi connectivity index (χ4v) is 1.87. The fraction of sp³-hybridized carbons (Fsp3) is 1.00. The molecule has 1 unspecified atom stereocenters. The summed E-state index contributed by atoms with van der Waals surface area (Å²) in [7, 11) is 0. The fourth-order valence-electron chi connectivity index (χ4n) is 1.87. The first-order valence-corrected chi connectivity index (χ1v) is 7.90. The zero-order valence-corrected chi connectivity index (χ0v) is 13.7. The highest BCUT2D eigenvalue weighted by atomic mass is 16.5. The summed E-state index contributed by atoms with van der Waals surface area (Å²) >= 11 is 0. The van der Waals surface area contributed by atoms with E-state index in [9.17, 15) is 5.11 Å². The Morgan fingerprint density at radius 3 is 2.50 bits per heavy atom. The topological polar surface area (TPSA) is 54.0 Å². The van der Waals surface area contributed by atoms with E-state index in [1.807, 2.05) is 13.8 Å². The highest BCUT2D eigenvalue weighted by molar-refractivity contribution is 4.61. The Morgan fingerprint density at radius 1 is 1.15 bits per heavy atom. The predicted molar refractivity (Wildman–Crippen MR) is 83.2 cm³/mol. The SMILES string of the molecule is CCCN(CC)CCNCC(O)COCCOC(C)C. The van der Waals surface area contributed by atoms with E-state index >= 15 is 0 Å². The summed E-state index contributed by atoms with van der Waals surface area (Å²) in [6, 6.07) is 0. The molecular weight excluding hydrogens is 256 g/mol. The van der Waals surface area contributed by atoms with Gasteiger partial charge in [-0.3, -0.25) is 0 Å². The lowest BCUT2D eigenvalue weighted by Crippen LogP contribution is -2.37. The molecule has 0 aliphatic heterocycles. The molecule has 122 valence electrons. The molecule has 0 spiro atoms. The average Bonchev–Trinajstić information content (AvgIpc) is 2.41. The largest absolute Gasteiger partial charge is 0.389 e. The van der Waals surface area contributed by atoms with Crippen LogP contribution in [0, 0.1) is 0 Å². The number of likely N-dealkylation sites (N-methyl/N-ethyl adjacent to an activating group) is 1. The van der Waals surface area contributed by atoms with Crippen LogP contribution in [0.15, 0.2) is 0 Å². The summed E-state index contributed by atoms with van der Waals surface area (Å²) in [6.45, 7) is 14.6. The number of nitrogens with one attached hydrogen (secondary N) is 1. The van der Waals surface area contributed by atoms with E-state index in [-0.39, 0.29) is 6.10 Å². The number of rotatable bonds is 14. The average molecular weight is 290 g/mol. The molecule has 5 heteroatoms. The van der Waals surface area contributed by atoms with Crippen LogP contribution in [-0.2, 0) is 9.47 Å². The molecule has 0 aromatic heterocycles. The van der Waals surface area contributed by atoms with Crippen molar-refractivity contribution in [2.75, 3.05) is 52.5 Å². The van der Waals surface area contributed by atoms with E-state index in [2.05, 4.69) is 24.1 Å². The van der Waals surface area contributed by atoms with Gasteiger partial charge < -0.3 is 24.8 Å². The first-order chi connectivity index (χ1) is 9.60. The van der Waals surface area contributed by atoms with Gasteiger partial charge in [-0.2, -0.15) is 0 Å². The lowest BCUT2D eigenvalue weighted by molar-refractivity contribution is -0.00999. The van der Waals surface area contributed by atoms with Crippen molar-refractivity contribution in [1.29, 1.82) is 0 Å². The maximum Gasteiger partial charge on any atom is 0.0897 e. The minimum Gasteiger partial charge on any atom is -0.389 e. The van der Waals surface area contributed by atoms with Crippen molar-refractivity contribution in [1.82, 2.24) is 10.2 Å². The maximum atomic E-state index is 9.74. The van der Waals surface area contributed by atoms with Crippen LogP contribution >= 0.6 is 0 Å². The van der Waals surface area contributed by atoms with Crippen LogP contribution in [-0.4, -0.2) is 74.8 Å². The van der Waals surface area contributed by atoms with E-state index in [1.54, 1.807) is 0 Å². The molecule has 0 aliphatic rings. The van der Waals surface area contributed by atoms with E-state index in [0.717, 1.165) is 26.2 Å². The second-order valence-corrected chi connectivity index (χ2v) is 5.29. The van der Waals surface area contributed by atoms with Crippen molar-refractivity contribution in [2.45, 2.75) is 46.3 Å². The molecular formula is C15H34N2O3. The van der Waals surface area contributed by atoms with Gasteiger partial charge in [-0.05, 0) is 33.4 Å². The first kappa shape index (κ1) is 19.8. The molecule has 0 aliphatic carbocycles. The third kappa shape index (κ3) is 12.8. The van der Waals surface area contributed by atoms with Gasteiger partial charge in [-0.15, -0.1) is 0 Å². The Hall–Kier alpha value is -0.200. The van der Waals surface area contributed by atoms with Crippen LogP contribution < -0.4 is 5.32 Å². The molecule has 0 radical (unpaired) electrons. The summed E-state index contributed by atoms with van der Waals surface area (Å²) in [4.78, 5) is 2.40. The number of ether oxygens (including phenoxy) is 2. The molecule has 20 heavy (non-hydrogen) atoms. The molecule has 1 atom stereocenters. The standard InChI is InChI=1S/C15H34N2O3/c1-5-8-17(6-2)9-7-16-12-15(18)13-19-10-11-20-14(3)4/h14-16,18H,5-13H2,1-4H3. The summed E-state index contributed by atoms with van der Waals surface area (Å²) in [5.74, 6) is 0. The maximum absolute atomic E-state index is 9.74. The van der Waals surface area contributed by atoms with Gasteiger partial charge in [0.1, 0.15) is 0 Å². The van der Waals surface area contributed by atoms with Crippen LogP contribution in [0.5, 0.6) is 0 Å². The summed E-state index contributed by atoms with van der Waals surface area (Å²) in [5.41, 5.74) is 0. The molecule has 0 aromatic carbocycles. The molecule has 2 N–H and O–H groups in total. The molecule has 5 nitrogen and oxygen atoms in total. The second-order valence-electron chi connectivity index (χ2n) is 5.29. The number of aliphatic hydroxyl groups excluding tert-OH is 1. The molecule has 0 saturated heterocycles. The molecule has 0 saturated carbocycles. The summed E-state index contributed by atoms with van der Waals surface area (Å²) < 4.78 is 10.7. The molecule has 0 rings (SSSR count). The van der Waals surface area contributed by atoms with Gasteiger partial charge in [-0.1, -0.05) is 13.8 Å². The minimum atomic E-state index is -0.449. The van der Waals surface area contributed by atoms with Crippen molar-refractivity contribution in [2.24, 2.45) is 0 Å². The van der Waals surface area contributed by atoms with E-state index in [1.165, 1.54) is 6.42 Å². The van der Waals surface area contributed by atoms with Gasteiger partial charge in [0.2, 0.25) is 0 Å². The quantitative estimate of drug-likeness (QED) is 0.469. The zero-order valence-electron chi connectivity index (χ0n) is 13.7. The Balaban J connectivity index is 3.37. The van der Waals surface area contributed by atoms with Crippen molar-refractivity contribution in [3.05, 3.63) is 0 Å². The number of nitrogens with zero attached hydrogens (tertiary/aromatic N) is 1. The van der Waals surface area contributed by atoms with Crippen LogP contribution in [0.3, 0.4) is 0 Å². The molecule has 0 heterocycles. The van der Waals surface area contributed by atoms with Crippen LogP contribution in [0.1, 0.15) is 34.1 Å². The summed E-state index contributed by atoms with van der Waals surface area (Å²) in [6.07, 6.45) is 0.966. The second kappa shape index (κ2) is 13.8. The van der Waals surface area contributed by atoms with Crippen LogP contribution in [0.4, 0.5) is 0 Å². The first-order valence-electron chi connectivity index (χ1n) is 7.90. The molecule has 0 bridgehead atoms. The van der Waals surface area contributed by atoms with E-state index in [4.69, 9.17) is 9.47 Å². The highest BCUT2D eigenvalue weighted by Crippen LogP contribution is 1.91. The van der Waals surface area contributed by atoms with Gasteiger partial charge in [0, 0.05) is 19.6 Å². The highest BCUT2D eigenvalue weighted by Gasteiger charge is 2.05. The van der Waals surface area contributed by atoms with Crippen molar-refractivity contribution in [3.63, 3.8) is 0 Å². The summed E-state index contributed by atoms with van der Waals surface area (Å²) in [5, 5.41) is 13.0. The Bertz CT molecular complexity index is 204. The number of hydrogen-bond donors (Lipinski definition) is 2. The van der Waals surface area contributed by atoms with Crippen molar-refractivity contribution in [3.8, 4) is 0 Å². The molecule has 0 fully saturated rings. The number of aliphatic hydroxyl groups is 1. The van der Waals surface area contributed by atoms with Crippen molar-refractivity contribution < 1.29 is 14.6 Å². The van der Waals surface area contributed by atoms with Gasteiger partial charge in [0.05, 0.1) is 32.0 Å². The van der Waals surface area contributed by atoms with Gasteiger partial charge in [-0.25, -0.2) is 0 Å². The van der Waals surface area contributed by atoms with Gasteiger partial charge in [0.15, 0.2) is 0 Å². The van der Waals surface area contributed by atoms with Gasteiger partial charge >= 0.3 is 0 Å². The van der Waals surface area contributed by atoms with Gasteiger partial charge in [0.25, 0.3) is 0 Å². The molecule has 0 amide bonds. The van der Waals surface area contributed by atoms with Crippen LogP contribution in [0.25, 0.3) is 0 Å². The lowest BCUT2D eigenvalue weighted by atomic mass is 10.3. The zero-order chi connectivity index (χ0) is 15.2. The van der Waals surface area contributed by atoms with Crippen molar-refractivity contribution >= 4 is 0 Å². The lowest BCUT2D eigenvalue weighted by Gasteiger charge is -2.20. The number of hydrogen-bond acceptors (Lipinski definition) is 5.